The van der Waals surface area contributed by atoms with Crippen LogP contribution in [0.4, 0.5) is 0 Å². The van der Waals surface area contributed by atoms with E-state index in [1.165, 1.54) is 0 Å². The van der Waals surface area contributed by atoms with Gasteiger partial charge in [-0.1, -0.05) is 20.8 Å². The van der Waals surface area contributed by atoms with Crippen LogP contribution in [-0.4, -0.2) is 21.1 Å². The third-order valence-electron chi connectivity index (χ3n) is 2.72. The number of aromatic nitrogens is 3. The Kier molecular flexibility index (Phi) is 3.03. The van der Waals surface area contributed by atoms with Crippen molar-refractivity contribution in [2.24, 2.45) is 0 Å². The van der Waals surface area contributed by atoms with Gasteiger partial charge in [0.2, 0.25) is 0 Å². The molecule has 0 fully saturated rings. The van der Waals surface area contributed by atoms with Gasteiger partial charge in [0, 0.05) is 17.8 Å². The number of carbonyl (C=O) groups excluding carboxylic acids is 1. The Bertz CT molecular complexity index is 579. The molecule has 0 N–H and O–H groups in total. The Labute approximate surface area is 107 Å². The van der Waals surface area contributed by atoms with Crippen LogP contribution in [0.3, 0.4) is 0 Å². The van der Waals surface area contributed by atoms with Crippen LogP contribution in [0.15, 0.2) is 24.5 Å². The van der Waals surface area contributed by atoms with E-state index in [1.54, 1.807) is 17.1 Å². The molecule has 0 saturated carbocycles. The van der Waals surface area contributed by atoms with E-state index in [9.17, 15) is 4.79 Å². The molecule has 2 aromatic heterocycles. The van der Waals surface area contributed by atoms with Crippen LogP contribution in [-0.2, 0) is 5.41 Å². The molecular formula is C14H17N3O. The zero-order chi connectivity index (χ0) is 13.3. The fourth-order valence-electron chi connectivity index (χ4n) is 1.82. The average Bonchev–Trinajstić information content (AvgIpc) is 2.72. The molecule has 0 saturated heterocycles. The SMILES string of the molecule is Cc1ccnc(-n2cc(C=O)c(C(C)(C)C)n2)c1. The molecule has 0 bridgehead atoms. The number of hydrogen-bond donors (Lipinski definition) is 0. The van der Waals surface area contributed by atoms with E-state index in [1.807, 2.05) is 39.8 Å². The lowest BCUT2D eigenvalue weighted by Crippen LogP contribution is -2.14. The van der Waals surface area contributed by atoms with Gasteiger partial charge >= 0.3 is 0 Å². The van der Waals surface area contributed by atoms with E-state index in [0.717, 1.165) is 23.4 Å². The summed E-state index contributed by atoms with van der Waals surface area (Å²) in [5.41, 5.74) is 2.36. The smallest absolute Gasteiger partial charge is 0.153 e. The minimum absolute atomic E-state index is 0.161. The van der Waals surface area contributed by atoms with Crippen LogP contribution >= 0.6 is 0 Å². The number of nitrogens with zero attached hydrogens (tertiary/aromatic N) is 3. The standard InChI is InChI=1S/C14H17N3O/c1-10-5-6-15-12(7-10)17-8-11(9-18)13(16-17)14(2,3)4/h5-9H,1-4H3. The first-order chi connectivity index (χ1) is 8.41. The van der Waals surface area contributed by atoms with Gasteiger partial charge in [0.25, 0.3) is 0 Å². The van der Waals surface area contributed by atoms with Gasteiger partial charge in [0.1, 0.15) is 0 Å². The molecule has 2 rings (SSSR count). The van der Waals surface area contributed by atoms with E-state index in [4.69, 9.17) is 0 Å². The summed E-state index contributed by atoms with van der Waals surface area (Å²) in [6, 6.07) is 3.87. The first-order valence-electron chi connectivity index (χ1n) is 5.90. The zero-order valence-electron chi connectivity index (χ0n) is 11.1. The van der Waals surface area contributed by atoms with E-state index in [2.05, 4.69) is 10.1 Å². The van der Waals surface area contributed by atoms with Crippen LogP contribution in [0, 0.1) is 6.92 Å². The molecular weight excluding hydrogens is 226 g/mol. The molecule has 0 aromatic carbocycles. The zero-order valence-corrected chi connectivity index (χ0v) is 11.1. The van der Waals surface area contributed by atoms with Gasteiger partial charge in [-0.25, -0.2) is 9.67 Å². The van der Waals surface area contributed by atoms with E-state index in [-0.39, 0.29) is 5.41 Å². The molecule has 94 valence electrons. The van der Waals surface area contributed by atoms with Crippen molar-refractivity contribution in [2.75, 3.05) is 0 Å². The van der Waals surface area contributed by atoms with Crippen molar-refractivity contribution >= 4 is 6.29 Å². The first-order valence-corrected chi connectivity index (χ1v) is 5.90. The lowest BCUT2D eigenvalue weighted by Gasteiger charge is -2.15. The Morgan fingerprint density at radius 1 is 1.33 bits per heavy atom. The third kappa shape index (κ3) is 2.32. The van der Waals surface area contributed by atoms with Crippen LogP contribution in [0.2, 0.25) is 0 Å². The molecule has 4 nitrogen and oxygen atoms in total. The third-order valence-corrected chi connectivity index (χ3v) is 2.72. The van der Waals surface area contributed by atoms with Crippen molar-refractivity contribution in [3.05, 3.63) is 41.3 Å². The van der Waals surface area contributed by atoms with Crippen LogP contribution in [0.1, 0.15) is 42.4 Å². The van der Waals surface area contributed by atoms with Gasteiger partial charge in [0.15, 0.2) is 12.1 Å². The summed E-state index contributed by atoms with van der Waals surface area (Å²) in [6.45, 7) is 8.11. The van der Waals surface area contributed by atoms with Crippen LogP contribution < -0.4 is 0 Å². The van der Waals surface area contributed by atoms with Crippen molar-refractivity contribution < 1.29 is 4.79 Å². The number of hydrogen-bond acceptors (Lipinski definition) is 3. The maximum absolute atomic E-state index is 11.1. The molecule has 0 radical (unpaired) electrons. The highest BCUT2D eigenvalue weighted by molar-refractivity contribution is 5.76. The molecule has 18 heavy (non-hydrogen) atoms. The minimum Gasteiger partial charge on any atom is -0.298 e. The van der Waals surface area contributed by atoms with Crippen molar-refractivity contribution in [1.29, 1.82) is 0 Å². The summed E-state index contributed by atoms with van der Waals surface area (Å²) in [5.74, 6) is 0.730. The number of aryl methyl sites for hydroxylation is 1. The van der Waals surface area contributed by atoms with E-state index in [0.29, 0.717) is 5.56 Å². The van der Waals surface area contributed by atoms with Crippen LogP contribution in [0.5, 0.6) is 0 Å². The highest BCUT2D eigenvalue weighted by Crippen LogP contribution is 2.24. The second-order valence-electron chi connectivity index (χ2n) is 5.44. The van der Waals surface area contributed by atoms with Gasteiger partial charge in [-0.3, -0.25) is 4.79 Å². The lowest BCUT2D eigenvalue weighted by atomic mass is 9.90. The molecule has 0 amide bonds. The number of aldehydes is 1. The summed E-state index contributed by atoms with van der Waals surface area (Å²) in [7, 11) is 0. The van der Waals surface area contributed by atoms with Gasteiger partial charge in [0.05, 0.1) is 11.3 Å². The van der Waals surface area contributed by atoms with Gasteiger partial charge in [-0.2, -0.15) is 5.10 Å². The second-order valence-corrected chi connectivity index (χ2v) is 5.44. The second kappa shape index (κ2) is 4.37. The molecule has 2 heterocycles. The van der Waals surface area contributed by atoms with Crippen molar-refractivity contribution in [2.45, 2.75) is 33.1 Å². The maximum atomic E-state index is 11.1. The van der Waals surface area contributed by atoms with Crippen molar-refractivity contribution in [1.82, 2.24) is 14.8 Å². The fourth-order valence-corrected chi connectivity index (χ4v) is 1.82. The summed E-state index contributed by atoms with van der Waals surface area (Å²) in [6.07, 6.45) is 4.32. The number of pyridine rings is 1. The topological polar surface area (TPSA) is 47.8 Å². The molecule has 0 unspecified atom stereocenters. The molecule has 0 aliphatic carbocycles. The summed E-state index contributed by atoms with van der Waals surface area (Å²) in [5, 5.41) is 4.49. The average molecular weight is 243 g/mol. The maximum Gasteiger partial charge on any atom is 0.153 e. The highest BCUT2D eigenvalue weighted by Gasteiger charge is 2.22. The molecule has 0 aliphatic heterocycles. The number of rotatable bonds is 2. The minimum atomic E-state index is -0.161. The molecule has 0 spiro atoms. The van der Waals surface area contributed by atoms with Crippen molar-refractivity contribution in [3.63, 3.8) is 0 Å². The molecule has 4 heteroatoms. The first kappa shape index (κ1) is 12.5. The predicted octanol–water partition coefficient (Wildman–Crippen LogP) is 2.69. The Morgan fingerprint density at radius 3 is 2.56 bits per heavy atom. The Hall–Kier alpha value is -1.97. The molecule has 2 aromatic rings. The summed E-state index contributed by atoms with van der Waals surface area (Å²) >= 11 is 0. The quantitative estimate of drug-likeness (QED) is 0.762. The largest absolute Gasteiger partial charge is 0.298 e. The Balaban J connectivity index is 2.54. The van der Waals surface area contributed by atoms with Gasteiger partial charge in [-0.05, 0) is 24.6 Å². The molecule has 0 atom stereocenters. The van der Waals surface area contributed by atoms with Crippen LogP contribution in [0.25, 0.3) is 5.82 Å². The van der Waals surface area contributed by atoms with E-state index >= 15 is 0 Å². The molecule has 0 aliphatic rings. The summed E-state index contributed by atoms with van der Waals surface area (Å²) in [4.78, 5) is 15.4. The monoisotopic (exact) mass is 243 g/mol. The van der Waals surface area contributed by atoms with Gasteiger partial charge in [-0.15, -0.1) is 0 Å². The summed E-state index contributed by atoms with van der Waals surface area (Å²) < 4.78 is 1.66. The van der Waals surface area contributed by atoms with E-state index < -0.39 is 0 Å². The highest BCUT2D eigenvalue weighted by atomic mass is 16.1. The Morgan fingerprint density at radius 2 is 2.06 bits per heavy atom. The predicted molar refractivity (Wildman–Crippen MR) is 70.2 cm³/mol. The lowest BCUT2D eigenvalue weighted by molar-refractivity contribution is 0.112. The van der Waals surface area contributed by atoms with Crippen molar-refractivity contribution in [3.8, 4) is 5.82 Å². The number of carbonyl (C=O) groups is 1. The van der Waals surface area contributed by atoms with Gasteiger partial charge < -0.3 is 0 Å². The fraction of sp³-hybridized carbons (Fsp3) is 0.357. The normalized spacial score (nSPS) is 11.6.